The van der Waals surface area contributed by atoms with E-state index in [1.807, 2.05) is 0 Å². The second kappa shape index (κ2) is 8.88. The highest BCUT2D eigenvalue weighted by Gasteiger charge is 2.16. The number of carbonyl (C=O) groups excluding carboxylic acids is 1. The summed E-state index contributed by atoms with van der Waals surface area (Å²) in [6.45, 7) is 1.68. The number of hydrogen-bond donors (Lipinski definition) is 1. The number of esters is 1. The zero-order valence-corrected chi connectivity index (χ0v) is 15.5. The summed E-state index contributed by atoms with van der Waals surface area (Å²) in [5.41, 5.74) is 0. The Balaban J connectivity index is 1.74. The lowest BCUT2D eigenvalue weighted by Gasteiger charge is -2.14. The number of halogens is 1. The van der Waals surface area contributed by atoms with Crippen molar-refractivity contribution >= 4 is 27.6 Å². The van der Waals surface area contributed by atoms with E-state index in [0.717, 1.165) is 0 Å². The Labute approximate surface area is 156 Å². The number of primary sulfonamides is 1. The van der Waals surface area contributed by atoms with E-state index in [4.69, 9.17) is 31.0 Å². The number of sulfonamides is 1. The molecule has 0 aromatic heterocycles. The lowest BCUT2D eigenvalue weighted by atomic mass is 10.3. The fraction of sp³-hybridized carbons (Fsp3) is 0.235. The minimum Gasteiger partial charge on any atom is -0.490 e. The van der Waals surface area contributed by atoms with Crippen molar-refractivity contribution in [2.45, 2.75) is 17.9 Å². The van der Waals surface area contributed by atoms with Gasteiger partial charge in [-0.1, -0.05) is 17.7 Å². The maximum absolute atomic E-state index is 11.9. The van der Waals surface area contributed by atoms with Gasteiger partial charge in [0.05, 0.1) is 4.90 Å². The molecule has 0 spiro atoms. The summed E-state index contributed by atoms with van der Waals surface area (Å²) in [5.74, 6) is 0.350. The molecule has 0 bridgehead atoms. The van der Waals surface area contributed by atoms with Crippen molar-refractivity contribution in [2.24, 2.45) is 5.14 Å². The zero-order chi connectivity index (χ0) is 19.2. The highest BCUT2D eigenvalue weighted by atomic mass is 35.5. The molecule has 2 rings (SSSR count). The minimum absolute atomic E-state index is 0.0109. The first kappa shape index (κ1) is 20.0. The van der Waals surface area contributed by atoms with E-state index in [9.17, 15) is 13.2 Å². The van der Waals surface area contributed by atoms with Crippen LogP contribution in [0.1, 0.15) is 6.92 Å². The maximum Gasteiger partial charge on any atom is 0.347 e. The average molecular weight is 400 g/mol. The summed E-state index contributed by atoms with van der Waals surface area (Å²) in [5, 5.41) is 5.51. The lowest BCUT2D eigenvalue weighted by Crippen LogP contribution is -2.27. The van der Waals surface area contributed by atoms with Gasteiger partial charge in [0.1, 0.15) is 24.7 Å². The topological polar surface area (TPSA) is 105 Å². The van der Waals surface area contributed by atoms with Gasteiger partial charge in [-0.05, 0) is 49.4 Å². The standard InChI is InChI=1S/C17H18ClNO6S/c1-12(25-15-4-2-3-13(18)11-15)17(20)24-10-9-23-14-5-7-16(8-6-14)26(19,21)22/h2-8,11-12H,9-10H2,1H3,(H2,19,21,22). The van der Waals surface area contributed by atoms with Gasteiger partial charge in [0, 0.05) is 5.02 Å². The van der Waals surface area contributed by atoms with Gasteiger partial charge in [0.2, 0.25) is 10.0 Å². The first-order valence-corrected chi connectivity index (χ1v) is 9.52. The predicted octanol–water partition coefficient (Wildman–Crippen LogP) is 2.38. The molecule has 0 aliphatic carbocycles. The molecular weight excluding hydrogens is 382 g/mol. The molecule has 1 unspecified atom stereocenters. The third-order valence-electron chi connectivity index (χ3n) is 3.19. The van der Waals surface area contributed by atoms with Crippen LogP contribution in [0.2, 0.25) is 5.02 Å². The molecule has 1 atom stereocenters. The third-order valence-corrected chi connectivity index (χ3v) is 4.35. The van der Waals surface area contributed by atoms with Crippen molar-refractivity contribution in [3.63, 3.8) is 0 Å². The van der Waals surface area contributed by atoms with Crippen LogP contribution in [-0.2, 0) is 19.6 Å². The van der Waals surface area contributed by atoms with Gasteiger partial charge in [-0.2, -0.15) is 0 Å². The summed E-state index contributed by atoms with van der Waals surface area (Å²) in [4.78, 5) is 11.9. The molecule has 0 fully saturated rings. The van der Waals surface area contributed by atoms with E-state index in [0.29, 0.717) is 16.5 Å². The molecule has 0 aliphatic rings. The largest absolute Gasteiger partial charge is 0.490 e. The van der Waals surface area contributed by atoms with E-state index in [1.54, 1.807) is 31.2 Å². The summed E-state index contributed by atoms with van der Waals surface area (Å²) in [6.07, 6.45) is -0.803. The number of carbonyl (C=O) groups is 1. The van der Waals surface area contributed by atoms with Gasteiger partial charge < -0.3 is 14.2 Å². The van der Waals surface area contributed by atoms with Gasteiger partial charge >= 0.3 is 5.97 Å². The summed E-state index contributed by atoms with van der Waals surface area (Å²) < 4.78 is 38.2. The van der Waals surface area contributed by atoms with Crippen molar-refractivity contribution in [1.82, 2.24) is 0 Å². The second-order valence-corrected chi connectivity index (χ2v) is 7.25. The Morgan fingerprint density at radius 2 is 1.81 bits per heavy atom. The van der Waals surface area contributed by atoms with Gasteiger partial charge in [-0.15, -0.1) is 0 Å². The third kappa shape index (κ3) is 6.21. The summed E-state index contributed by atoms with van der Waals surface area (Å²) >= 11 is 5.85. The molecule has 140 valence electrons. The fourth-order valence-corrected chi connectivity index (χ4v) is 2.63. The first-order chi connectivity index (χ1) is 12.3. The maximum atomic E-state index is 11.9. The number of nitrogens with two attached hydrogens (primary N) is 1. The van der Waals surface area contributed by atoms with Crippen LogP contribution >= 0.6 is 11.6 Å². The molecular formula is C17H18ClNO6S. The Hall–Kier alpha value is -2.29. The number of rotatable bonds is 8. The van der Waals surface area contributed by atoms with Crippen LogP contribution in [0.5, 0.6) is 11.5 Å². The predicted molar refractivity (Wildman–Crippen MR) is 95.8 cm³/mol. The van der Waals surface area contributed by atoms with Gasteiger partial charge in [-0.3, -0.25) is 0 Å². The Kier molecular flexibility index (Phi) is 6.84. The molecule has 0 aliphatic heterocycles. The molecule has 2 aromatic rings. The van der Waals surface area contributed by atoms with E-state index < -0.39 is 22.1 Å². The van der Waals surface area contributed by atoms with Crippen molar-refractivity contribution in [2.75, 3.05) is 13.2 Å². The summed E-state index contributed by atoms with van der Waals surface area (Å²) in [6, 6.07) is 12.3. The molecule has 2 N–H and O–H groups in total. The highest BCUT2D eigenvalue weighted by Crippen LogP contribution is 2.18. The molecule has 2 aromatic carbocycles. The molecule has 9 heteroatoms. The van der Waals surface area contributed by atoms with Crippen LogP contribution in [0, 0.1) is 0 Å². The minimum atomic E-state index is -3.74. The fourth-order valence-electron chi connectivity index (χ4n) is 1.94. The van der Waals surface area contributed by atoms with Crippen LogP contribution < -0.4 is 14.6 Å². The van der Waals surface area contributed by atoms with Crippen LogP contribution in [-0.4, -0.2) is 33.7 Å². The van der Waals surface area contributed by atoms with Crippen molar-refractivity contribution in [3.05, 3.63) is 53.6 Å². The number of ether oxygens (including phenoxy) is 3. The van der Waals surface area contributed by atoms with Crippen molar-refractivity contribution in [3.8, 4) is 11.5 Å². The first-order valence-electron chi connectivity index (χ1n) is 7.60. The van der Waals surface area contributed by atoms with Crippen LogP contribution in [0.4, 0.5) is 0 Å². The van der Waals surface area contributed by atoms with Crippen molar-refractivity contribution < 1.29 is 27.4 Å². The smallest absolute Gasteiger partial charge is 0.347 e. The molecule has 0 saturated heterocycles. The SMILES string of the molecule is CC(Oc1cccc(Cl)c1)C(=O)OCCOc1ccc(S(N)(=O)=O)cc1. The van der Waals surface area contributed by atoms with E-state index in [1.165, 1.54) is 24.3 Å². The quantitative estimate of drug-likeness (QED) is 0.539. The van der Waals surface area contributed by atoms with Gasteiger partial charge in [0.25, 0.3) is 0 Å². The van der Waals surface area contributed by atoms with Gasteiger partial charge in [-0.25, -0.2) is 18.4 Å². The average Bonchev–Trinajstić information content (AvgIpc) is 2.58. The number of benzene rings is 2. The van der Waals surface area contributed by atoms with E-state index in [-0.39, 0.29) is 18.1 Å². The molecule has 0 amide bonds. The van der Waals surface area contributed by atoms with E-state index in [2.05, 4.69) is 0 Å². The Bertz CT molecular complexity index is 854. The number of hydrogen-bond acceptors (Lipinski definition) is 6. The highest BCUT2D eigenvalue weighted by molar-refractivity contribution is 7.89. The molecule has 7 nitrogen and oxygen atoms in total. The molecule has 26 heavy (non-hydrogen) atoms. The summed E-state index contributed by atoms with van der Waals surface area (Å²) in [7, 11) is -3.74. The normalized spacial score (nSPS) is 12.3. The van der Waals surface area contributed by atoms with Crippen molar-refractivity contribution in [1.29, 1.82) is 0 Å². The van der Waals surface area contributed by atoms with Crippen LogP contribution in [0.15, 0.2) is 53.4 Å². The molecule has 0 radical (unpaired) electrons. The van der Waals surface area contributed by atoms with E-state index >= 15 is 0 Å². The Morgan fingerprint density at radius 3 is 2.42 bits per heavy atom. The molecule has 0 heterocycles. The van der Waals surface area contributed by atoms with Crippen LogP contribution in [0.3, 0.4) is 0 Å². The van der Waals surface area contributed by atoms with Crippen LogP contribution in [0.25, 0.3) is 0 Å². The zero-order valence-electron chi connectivity index (χ0n) is 13.9. The second-order valence-electron chi connectivity index (χ2n) is 5.25. The lowest BCUT2D eigenvalue weighted by molar-refractivity contribution is -0.151. The monoisotopic (exact) mass is 399 g/mol. The Morgan fingerprint density at radius 1 is 1.12 bits per heavy atom. The molecule has 0 saturated carbocycles. The van der Waals surface area contributed by atoms with Gasteiger partial charge in [0.15, 0.2) is 6.10 Å².